The summed E-state index contributed by atoms with van der Waals surface area (Å²) >= 11 is 0. The van der Waals surface area contributed by atoms with E-state index in [0.29, 0.717) is 11.6 Å². The molecule has 21 heavy (non-hydrogen) atoms. The zero-order valence-corrected chi connectivity index (χ0v) is 11.6. The van der Waals surface area contributed by atoms with Crippen LogP contribution in [0.25, 0.3) is 10.9 Å². The lowest BCUT2D eigenvalue weighted by molar-refractivity contribution is -0.137. The average molecular weight is 294 g/mol. The molecule has 1 N–H and O–H groups in total. The first-order valence-electron chi connectivity index (χ1n) is 7.47. The van der Waals surface area contributed by atoms with Crippen LogP contribution in [0, 0.1) is 0 Å². The van der Waals surface area contributed by atoms with Gasteiger partial charge in [-0.3, -0.25) is 4.90 Å². The van der Waals surface area contributed by atoms with Gasteiger partial charge >= 0.3 is 6.18 Å². The van der Waals surface area contributed by atoms with Gasteiger partial charge in [-0.2, -0.15) is 13.2 Å². The Kier molecular flexibility index (Phi) is 2.83. The number of hydrogen-bond acceptors (Lipinski definition) is 1. The standard InChI is InChI=1S/C16H17F3N2/c17-16(18,19)10-3-4-12-13-5-7-21-6-1-2-11(21)9-15(13)20-14(12)8-10/h3-4,8,11,20H,1-2,5-7,9H2. The van der Waals surface area contributed by atoms with Crippen LogP contribution in [0.2, 0.25) is 0 Å². The first-order chi connectivity index (χ1) is 10.0. The molecule has 2 aromatic rings. The molecule has 5 heteroatoms. The van der Waals surface area contributed by atoms with Crippen molar-refractivity contribution in [2.45, 2.75) is 37.9 Å². The Labute approximate surface area is 120 Å². The van der Waals surface area contributed by atoms with Crippen molar-refractivity contribution >= 4 is 10.9 Å². The van der Waals surface area contributed by atoms with Gasteiger partial charge in [0, 0.05) is 35.6 Å². The van der Waals surface area contributed by atoms with Crippen LogP contribution < -0.4 is 0 Å². The summed E-state index contributed by atoms with van der Waals surface area (Å²) in [5.41, 5.74) is 2.40. The van der Waals surface area contributed by atoms with Crippen LogP contribution in [0.3, 0.4) is 0 Å². The molecule has 0 amide bonds. The first kappa shape index (κ1) is 13.2. The maximum Gasteiger partial charge on any atom is 0.416 e. The van der Waals surface area contributed by atoms with Crippen LogP contribution in [-0.2, 0) is 19.0 Å². The summed E-state index contributed by atoms with van der Waals surface area (Å²) in [6.45, 7) is 2.18. The Bertz CT molecular complexity index is 687. The van der Waals surface area contributed by atoms with Crippen molar-refractivity contribution < 1.29 is 13.2 Å². The average Bonchev–Trinajstić information content (AvgIpc) is 2.96. The monoisotopic (exact) mass is 294 g/mol. The van der Waals surface area contributed by atoms with Gasteiger partial charge in [-0.1, -0.05) is 6.07 Å². The fourth-order valence-corrected chi connectivity index (χ4v) is 3.86. The highest BCUT2D eigenvalue weighted by atomic mass is 19.4. The van der Waals surface area contributed by atoms with Gasteiger partial charge < -0.3 is 4.98 Å². The molecule has 1 aromatic heterocycles. The molecule has 0 saturated carbocycles. The fourth-order valence-electron chi connectivity index (χ4n) is 3.86. The zero-order valence-electron chi connectivity index (χ0n) is 11.6. The van der Waals surface area contributed by atoms with E-state index in [2.05, 4.69) is 9.88 Å². The van der Waals surface area contributed by atoms with Gasteiger partial charge in [-0.05, 0) is 43.5 Å². The van der Waals surface area contributed by atoms with Crippen LogP contribution in [0.4, 0.5) is 13.2 Å². The van der Waals surface area contributed by atoms with Gasteiger partial charge in [0.2, 0.25) is 0 Å². The topological polar surface area (TPSA) is 19.0 Å². The summed E-state index contributed by atoms with van der Waals surface area (Å²) in [5, 5.41) is 0.958. The molecule has 3 heterocycles. The van der Waals surface area contributed by atoms with E-state index in [1.807, 2.05) is 0 Å². The minimum atomic E-state index is -4.28. The van der Waals surface area contributed by atoms with Gasteiger partial charge in [0.15, 0.2) is 0 Å². The lowest BCUT2D eigenvalue weighted by atomic mass is 10.0. The Balaban J connectivity index is 1.78. The van der Waals surface area contributed by atoms with Gasteiger partial charge in [0.25, 0.3) is 0 Å². The number of alkyl halides is 3. The number of aromatic nitrogens is 1. The van der Waals surface area contributed by atoms with Crippen molar-refractivity contribution in [2.75, 3.05) is 13.1 Å². The van der Waals surface area contributed by atoms with Crippen LogP contribution in [0.5, 0.6) is 0 Å². The largest absolute Gasteiger partial charge is 0.416 e. The number of H-pyrrole nitrogens is 1. The molecular weight excluding hydrogens is 277 g/mol. The minimum Gasteiger partial charge on any atom is -0.358 e. The number of nitrogens with zero attached hydrogens (tertiary/aromatic N) is 1. The van der Waals surface area contributed by atoms with Crippen LogP contribution >= 0.6 is 0 Å². The highest BCUT2D eigenvalue weighted by molar-refractivity contribution is 5.85. The summed E-state index contributed by atoms with van der Waals surface area (Å²) in [6.07, 6.45) is 0.0164. The number of rotatable bonds is 0. The molecule has 0 spiro atoms. The number of aromatic amines is 1. The van der Waals surface area contributed by atoms with E-state index in [9.17, 15) is 13.2 Å². The summed E-state index contributed by atoms with van der Waals surface area (Å²) in [4.78, 5) is 5.77. The summed E-state index contributed by atoms with van der Waals surface area (Å²) in [6, 6.07) is 4.63. The Morgan fingerprint density at radius 2 is 2.05 bits per heavy atom. The lowest BCUT2D eigenvalue weighted by Gasteiger charge is -2.20. The second kappa shape index (κ2) is 4.50. The van der Waals surface area contributed by atoms with Crippen molar-refractivity contribution in [3.63, 3.8) is 0 Å². The normalized spacial score (nSPS) is 23.1. The van der Waals surface area contributed by atoms with Crippen molar-refractivity contribution in [3.8, 4) is 0 Å². The van der Waals surface area contributed by atoms with Gasteiger partial charge in [0.1, 0.15) is 0 Å². The third-order valence-corrected chi connectivity index (χ3v) is 4.91. The Morgan fingerprint density at radius 3 is 2.86 bits per heavy atom. The van der Waals surface area contributed by atoms with E-state index >= 15 is 0 Å². The number of fused-ring (bicyclic) bond motifs is 4. The molecule has 2 aliphatic rings. The predicted octanol–water partition coefficient (Wildman–Crippen LogP) is 3.75. The summed E-state index contributed by atoms with van der Waals surface area (Å²) in [5.74, 6) is 0. The molecule has 112 valence electrons. The van der Waals surface area contributed by atoms with E-state index in [4.69, 9.17) is 0 Å². The highest BCUT2D eigenvalue weighted by Gasteiger charge is 2.32. The summed E-state index contributed by atoms with van der Waals surface area (Å²) in [7, 11) is 0. The van der Waals surface area contributed by atoms with Gasteiger partial charge in [-0.15, -0.1) is 0 Å². The van der Waals surface area contributed by atoms with Crippen LogP contribution in [-0.4, -0.2) is 29.0 Å². The fraction of sp³-hybridized carbons (Fsp3) is 0.500. The van der Waals surface area contributed by atoms with Crippen molar-refractivity contribution in [1.29, 1.82) is 0 Å². The minimum absolute atomic E-state index is 0.557. The zero-order chi connectivity index (χ0) is 14.6. The number of benzene rings is 1. The van der Waals surface area contributed by atoms with Crippen LogP contribution in [0.15, 0.2) is 18.2 Å². The molecule has 4 rings (SSSR count). The van der Waals surface area contributed by atoms with E-state index in [0.717, 1.165) is 37.0 Å². The van der Waals surface area contributed by atoms with Crippen molar-refractivity contribution in [1.82, 2.24) is 9.88 Å². The molecular formula is C16H17F3N2. The van der Waals surface area contributed by atoms with Crippen LogP contribution in [0.1, 0.15) is 29.7 Å². The molecule has 1 aromatic carbocycles. The SMILES string of the molecule is FC(F)(F)c1ccc2c3c([nH]c2c1)CC1CCCN1CC3. The Hall–Kier alpha value is -1.49. The second-order valence-electron chi connectivity index (χ2n) is 6.13. The third-order valence-electron chi connectivity index (χ3n) is 4.91. The predicted molar refractivity (Wildman–Crippen MR) is 75.3 cm³/mol. The molecule has 1 fully saturated rings. The molecule has 2 aliphatic heterocycles. The van der Waals surface area contributed by atoms with Gasteiger partial charge in [-0.25, -0.2) is 0 Å². The second-order valence-corrected chi connectivity index (χ2v) is 6.13. The third kappa shape index (κ3) is 2.14. The number of halogens is 3. The lowest BCUT2D eigenvalue weighted by Crippen LogP contribution is -2.30. The van der Waals surface area contributed by atoms with Gasteiger partial charge in [0.05, 0.1) is 5.56 Å². The smallest absolute Gasteiger partial charge is 0.358 e. The quantitative estimate of drug-likeness (QED) is 0.784. The van der Waals surface area contributed by atoms with E-state index in [1.54, 1.807) is 6.07 Å². The van der Waals surface area contributed by atoms with Crippen molar-refractivity contribution in [2.24, 2.45) is 0 Å². The molecule has 0 aliphatic carbocycles. The van der Waals surface area contributed by atoms with E-state index < -0.39 is 11.7 Å². The highest BCUT2D eigenvalue weighted by Crippen LogP contribution is 2.35. The molecule has 0 radical (unpaired) electrons. The molecule has 1 unspecified atom stereocenters. The number of nitrogens with one attached hydrogen (secondary N) is 1. The molecule has 1 saturated heterocycles. The summed E-state index contributed by atoms with van der Waals surface area (Å²) < 4.78 is 38.5. The molecule has 0 bridgehead atoms. The first-order valence-corrected chi connectivity index (χ1v) is 7.47. The molecule has 2 nitrogen and oxygen atoms in total. The van der Waals surface area contributed by atoms with Crippen molar-refractivity contribution in [3.05, 3.63) is 35.0 Å². The number of hydrogen-bond donors (Lipinski definition) is 1. The van der Waals surface area contributed by atoms with E-state index in [1.165, 1.54) is 30.5 Å². The van der Waals surface area contributed by atoms with E-state index in [-0.39, 0.29) is 0 Å². The Morgan fingerprint density at radius 1 is 1.19 bits per heavy atom. The maximum absolute atomic E-state index is 12.8. The maximum atomic E-state index is 12.8. The molecule has 1 atom stereocenters.